The molecule has 0 unspecified atom stereocenters. The molecule has 0 aliphatic heterocycles. The molecule has 8 heteroatoms. The molecule has 0 bridgehead atoms. The van der Waals surface area contributed by atoms with Gasteiger partial charge in [0, 0.05) is 6.20 Å². The molecule has 158 valence electrons. The maximum absolute atomic E-state index is 13.6. The van der Waals surface area contributed by atoms with Crippen LogP contribution in [0.1, 0.15) is 23.1 Å². The average molecular weight is 442 g/mol. The number of aromatic nitrogens is 4. The Morgan fingerprint density at radius 2 is 1.81 bits per heavy atom. The molecule has 0 fully saturated rings. The molecular formula is C24H19N5O2S. The topological polar surface area (TPSA) is 81.1 Å². The number of rotatable bonds is 6. The molecular weight excluding hydrogens is 422 g/mol. The van der Waals surface area contributed by atoms with Gasteiger partial charge >= 0.3 is 0 Å². The van der Waals surface area contributed by atoms with Crippen LogP contribution in [0.5, 0.6) is 5.75 Å². The molecule has 5 aromatic rings. The number of benzene rings is 2. The summed E-state index contributed by atoms with van der Waals surface area (Å²) in [6, 6.07) is 18.9. The monoisotopic (exact) mass is 441 g/mol. The van der Waals surface area contributed by atoms with E-state index in [0.29, 0.717) is 23.0 Å². The molecule has 0 atom stereocenters. The van der Waals surface area contributed by atoms with E-state index in [-0.39, 0.29) is 18.1 Å². The molecule has 0 aliphatic carbocycles. The maximum atomic E-state index is 13.6. The number of nitrogens with zero attached hydrogens (tertiary/aromatic N) is 5. The zero-order valence-electron chi connectivity index (χ0n) is 17.3. The van der Waals surface area contributed by atoms with Gasteiger partial charge in [-0.3, -0.25) is 19.7 Å². The zero-order chi connectivity index (χ0) is 21.9. The molecule has 7 nitrogen and oxygen atoms in total. The molecule has 3 heterocycles. The van der Waals surface area contributed by atoms with E-state index in [4.69, 9.17) is 9.72 Å². The molecule has 2 aromatic carbocycles. The Labute approximate surface area is 188 Å². The van der Waals surface area contributed by atoms with Gasteiger partial charge in [0.2, 0.25) is 0 Å². The van der Waals surface area contributed by atoms with Crippen LogP contribution >= 0.6 is 11.3 Å². The van der Waals surface area contributed by atoms with E-state index in [0.717, 1.165) is 21.4 Å². The second kappa shape index (κ2) is 8.68. The highest BCUT2D eigenvalue weighted by Crippen LogP contribution is 2.35. The normalized spacial score (nSPS) is 11.0. The van der Waals surface area contributed by atoms with E-state index in [1.807, 2.05) is 67.6 Å². The highest BCUT2D eigenvalue weighted by Gasteiger charge is 2.24. The molecule has 0 radical (unpaired) electrons. The smallest absolute Gasteiger partial charge is 0.280 e. The van der Waals surface area contributed by atoms with E-state index in [1.54, 1.807) is 11.1 Å². The standard InChI is InChI=1S/C24H19N5O2S/c1-2-31-20-11-7-12-21-22(20)28-24(32-21)29(15-16-8-5-6-13-25-16)23(30)19-14-26-17-9-3-4-10-18(17)27-19/h3-14H,2,15H2,1H3. The molecule has 3 aromatic heterocycles. The summed E-state index contributed by atoms with van der Waals surface area (Å²) in [6.45, 7) is 2.73. The Balaban J connectivity index is 1.59. The number of amides is 1. The number of hydrogen-bond donors (Lipinski definition) is 0. The van der Waals surface area contributed by atoms with Crippen molar-refractivity contribution < 1.29 is 9.53 Å². The minimum absolute atomic E-state index is 0.254. The number of anilines is 1. The van der Waals surface area contributed by atoms with Crippen molar-refractivity contribution >= 4 is 43.6 Å². The van der Waals surface area contributed by atoms with Crippen molar-refractivity contribution in [3.63, 3.8) is 0 Å². The third-order valence-electron chi connectivity index (χ3n) is 4.86. The third kappa shape index (κ3) is 3.88. The van der Waals surface area contributed by atoms with Crippen molar-refractivity contribution in [3.05, 3.63) is 84.4 Å². The van der Waals surface area contributed by atoms with Gasteiger partial charge in [0.15, 0.2) is 5.13 Å². The number of hydrogen-bond acceptors (Lipinski definition) is 7. The molecule has 0 saturated heterocycles. The summed E-state index contributed by atoms with van der Waals surface area (Å²) in [5, 5.41) is 0.553. The summed E-state index contributed by atoms with van der Waals surface area (Å²) in [6.07, 6.45) is 3.22. The van der Waals surface area contributed by atoms with Crippen LogP contribution < -0.4 is 9.64 Å². The lowest BCUT2D eigenvalue weighted by molar-refractivity contribution is 0.0980. The van der Waals surface area contributed by atoms with Gasteiger partial charge in [-0.2, -0.15) is 0 Å². The van der Waals surface area contributed by atoms with Crippen molar-refractivity contribution in [1.29, 1.82) is 0 Å². The van der Waals surface area contributed by atoms with Crippen LogP contribution in [0.15, 0.2) is 73.1 Å². The van der Waals surface area contributed by atoms with E-state index in [9.17, 15) is 4.79 Å². The van der Waals surface area contributed by atoms with Crippen LogP contribution in [0.4, 0.5) is 5.13 Å². The van der Waals surface area contributed by atoms with Gasteiger partial charge < -0.3 is 4.74 Å². The van der Waals surface area contributed by atoms with E-state index in [1.165, 1.54) is 17.5 Å². The molecule has 5 rings (SSSR count). The van der Waals surface area contributed by atoms with Gasteiger partial charge in [0.05, 0.1) is 40.8 Å². The Kier molecular flexibility index (Phi) is 5.43. The van der Waals surface area contributed by atoms with Crippen LogP contribution in [0.2, 0.25) is 0 Å². The highest BCUT2D eigenvalue weighted by atomic mass is 32.1. The van der Waals surface area contributed by atoms with Gasteiger partial charge in [-0.05, 0) is 43.3 Å². The number of pyridine rings is 1. The Hall–Kier alpha value is -3.91. The Morgan fingerprint density at radius 3 is 2.62 bits per heavy atom. The summed E-state index contributed by atoms with van der Waals surface area (Å²) in [7, 11) is 0. The van der Waals surface area contributed by atoms with E-state index < -0.39 is 0 Å². The van der Waals surface area contributed by atoms with Crippen molar-refractivity contribution in [2.45, 2.75) is 13.5 Å². The van der Waals surface area contributed by atoms with Crippen LogP contribution in [0, 0.1) is 0 Å². The summed E-state index contributed by atoms with van der Waals surface area (Å²) in [5.41, 5.74) is 3.14. The first-order chi connectivity index (χ1) is 15.7. The number of para-hydroxylation sites is 3. The number of thiazole rings is 1. The van der Waals surface area contributed by atoms with Crippen LogP contribution in [0.25, 0.3) is 21.3 Å². The zero-order valence-corrected chi connectivity index (χ0v) is 18.1. The number of fused-ring (bicyclic) bond motifs is 2. The van der Waals surface area contributed by atoms with Gasteiger partial charge in [-0.1, -0.05) is 35.6 Å². The molecule has 1 amide bonds. The third-order valence-corrected chi connectivity index (χ3v) is 5.90. The number of carbonyl (C=O) groups excluding carboxylic acids is 1. The fourth-order valence-corrected chi connectivity index (χ4v) is 4.36. The summed E-state index contributed by atoms with van der Waals surface area (Å²) < 4.78 is 6.67. The fourth-order valence-electron chi connectivity index (χ4n) is 3.38. The van der Waals surface area contributed by atoms with Crippen LogP contribution in [-0.4, -0.2) is 32.4 Å². The first-order valence-corrected chi connectivity index (χ1v) is 11.0. The molecule has 32 heavy (non-hydrogen) atoms. The molecule has 0 spiro atoms. The van der Waals surface area contributed by atoms with Gasteiger partial charge in [-0.15, -0.1) is 0 Å². The van der Waals surface area contributed by atoms with E-state index >= 15 is 0 Å². The molecule has 0 aliphatic rings. The SMILES string of the molecule is CCOc1cccc2sc(N(Cc3ccccn3)C(=O)c3cnc4ccccc4n3)nc12. The lowest BCUT2D eigenvalue weighted by atomic mass is 10.2. The number of ether oxygens (including phenoxy) is 1. The van der Waals surface area contributed by atoms with Gasteiger partial charge in [-0.25, -0.2) is 9.97 Å². The first kappa shape index (κ1) is 20.0. The molecule has 0 saturated carbocycles. The summed E-state index contributed by atoms with van der Waals surface area (Å²) in [4.78, 5) is 33.3. The summed E-state index contributed by atoms with van der Waals surface area (Å²) in [5.74, 6) is 0.411. The predicted octanol–water partition coefficient (Wildman–Crippen LogP) is 4.88. The lowest BCUT2D eigenvalue weighted by Gasteiger charge is -2.19. The van der Waals surface area contributed by atoms with Crippen LogP contribution in [0.3, 0.4) is 0 Å². The second-order valence-corrected chi connectivity index (χ2v) is 8.00. The van der Waals surface area contributed by atoms with Gasteiger partial charge in [0.25, 0.3) is 5.91 Å². The average Bonchev–Trinajstić information content (AvgIpc) is 3.28. The fraction of sp³-hybridized carbons (Fsp3) is 0.125. The van der Waals surface area contributed by atoms with E-state index in [2.05, 4.69) is 15.0 Å². The lowest BCUT2D eigenvalue weighted by Crippen LogP contribution is -2.31. The largest absolute Gasteiger partial charge is 0.492 e. The predicted molar refractivity (Wildman–Crippen MR) is 125 cm³/mol. The van der Waals surface area contributed by atoms with Crippen LogP contribution in [-0.2, 0) is 6.54 Å². The first-order valence-electron chi connectivity index (χ1n) is 10.2. The minimum atomic E-state index is -0.286. The maximum Gasteiger partial charge on any atom is 0.280 e. The molecule has 0 N–H and O–H groups in total. The Morgan fingerprint density at radius 1 is 0.969 bits per heavy atom. The second-order valence-electron chi connectivity index (χ2n) is 6.99. The summed E-state index contributed by atoms with van der Waals surface area (Å²) >= 11 is 1.43. The highest BCUT2D eigenvalue weighted by molar-refractivity contribution is 7.22. The minimum Gasteiger partial charge on any atom is -0.492 e. The quantitative estimate of drug-likeness (QED) is 0.374. The van der Waals surface area contributed by atoms with Gasteiger partial charge in [0.1, 0.15) is 17.0 Å². The van der Waals surface area contributed by atoms with Crippen molar-refractivity contribution in [2.75, 3.05) is 11.5 Å². The van der Waals surface area contributed by atoms with Crippen molar-refractivity contribution in [2.24, 2.45) is 0 Å². The Bertz CT molecular complexity index is 1400. The number of carbonyl (C=O) groups is 1. The van der Waals surface area contributed by atoms with Crippen molar-refractivity contribution in [1.82, 2.24) is 19.9 Å². The van der Waals surface area contributed by atoms with Crippen molar-refractivity contribution in [3.8, 4) is 5.75 Å².